The maximum Gasteiger partial charge on any atom is 0.408 e. The molecule has 170 valence electrons. The van der Waals surface area contributed by atoms with Crippen molar-refractivity contribution in [1.29, 1.82) is 0 Å². The van der Waals surface area contributed by atoms with E-state index in [0.717, 1.165) is 5.56 Å². The van der Waals surface area contributed by atoms with E-state index in [2.05, 4.69) is 10.3 Å². The average Bonchev–Trinajstić information content (AvgIpc) is 2.78. The largest absolute Gasteiger partial charge is 0.459 e. The molecule has 0 bridgehead atoms. The van der Waals surface area contributed by atoms with E-state index < -0.39 is 23.0 Å². The van der Waals surface area contributed by atoms with Gasteiger partial charge in [-0.25, -0.2) is 9.59 Å². The molecule has 5 N–H and O–H groups in total. The number of rotatable bonds is 11. The van der Waals surface area contributed by atoms with E-state index in [0.29, 0.717) is 12.0 Å². The maximum absolute atomic E-state index is 12.5. The van der Waals surface area contributed by atoms with Gasteiger partial charge in [-0.3, -0.25) is 15.1 Å². The zero-order chi connectivity index (χ0) is 23.3. The average molecular weight is 443 g/mol. The van der Waals surface area contributed by atoms with Crippen molar-refractivity contribution in [2.75, 3.05) is 6.54 Å². The van der Waals surface area contributed by atoms with Gasteiger partial charge in [-0.1, -0.05) is 30.3 Å². The van der Waals surface area contributed by atoms with Gasteiger partial charge in [-0.15, -0.1) is 0 Å². The highest BCUT2D eigenvalue weighted by Gasteiger charge is 2.23. The number of ether oxygens (including phenoxy) is 2. The van der Waals surface area contributed by atoms with Gasteiger partial charge in [0.15, 0.2) is 5.96 Å². The van der Waals surface area contributed by atoms with E-state index in [9.17, 15) is 19.7 Å². The molecule has 0 aliphatic heterocycles. The van der Waals surface area contributed by atoms with E-state index in [4.69, 9.17) is 20.9 Å². The van der Waals surface area contributed by atoms with Crippen molar-refractivity contribution < 1.29 is 24.0 Å². The number of aliphatic imine (C=N–C) groups is 1. The van der Waals surface area contributed by atoms with E-state index in [1.807, 2.05) is 18.2 Å². The minimum atomic E-state index is -0.981. The van der Waals surface area contributed by atoms with Crippen LogP contribution < -0.4 is 16.8 Å². The summed E-state index contributed by atoms with van der Waals surface area (Å²) in [5, 5.41) is 13.2. The summed E-state index contributed by atoms with van der Waals surface area (Å²) < 4.78 is 10.4. The highest BCUT2D eigenvalue weighted by Crippen LogP contribution is 2.13. The third-order valence-electron chi connectivity index (χ3n) is 4.26. The summed E-state index contributed by atoms with van der Waals surface area (Å²) in [5.74, 6) is -0.748. The maximum atomic E-state index is 12.5. The first-order chi connectivity index (χ1) is 15.3. The number of alkyl carbamates (subject to hydrolysis) is 1. The molecule has 11 nitrogen and oxygen atoms in total. The molecule has 11 heteroatoms. The molecule has 1 atom stereocenters. The number of hydrogen-bond donors (Lipinski definition) is 3. The van der Waals surface area contributed by atoms with Crippen LogP contribution >= 0.6 is 0 Å². The molecule has 0 aromatic heterocycles. The molecular formula is C21H25N5O6. The van der Waals surface area contributed by atoms with Gasteiger partial charge in [-0.05, 0) is 36.1 Å². The zero-order valence-corrected chi connectivity index (χ0v) is 17.3. The van der Waals surface area contributed by atoms with Crippen molar-refractivity contribution >= 4 is 23.7 Å². The molecule has 0 radical (unpaired) electrons. The topological polar surface area (TPSA) is 172 Å². The second kappa shape index (κ2) is 12.5. The monoisotopic (exact) mass is 443 g/mol. The Hall–Kier alpha value is -4.15. The van der Waals surface area contributed by atoms with Crippen molar-refractivity contribution in [2.24, 2.45) is 16.5 Å². The second-order valence-corrected chi connectivity index (χ2v) is 6.74. The number of hydrogen-bond acceptors (Lipinski definition) is 7. The van der Waals surface area contributed by atoms with Crippen LogP contribution in [0.15, 0.2) is 59.6 Å². The molecule has 2 aromatic rings. The molecule has 0 aliphatic carbocycles. The lowest BCUT2D eigenvalue weighted by atomic mass is 10.1. The zero-order valence-electron chi connectivity index (χ0n) is 17.3. The number of nitrogens with two attached hydrogens (primary N) is 2. The van der Waals surface area contributed by atoms with Gasteiger partial charge in [0.05, 0.1) is 4.92 Å². The minimum absolute atomic E-state index is 0.0469. The Kier molecular flexibility index (Phi) is 9.44. The molecule has 32 heavy (non-hydrogen) atoms. The number of esters is 1. The minimum Gasteiger partial charge on any atom is -0.459 e. The first kappa shape index (κ1) is 24.1. The molecule has 1 unspecified atom stereocenters. The second-order valence-electron chi connectivity index (χ2n) is 6.74. The number of benzene rings is 2. The molecule has 0 fully saturated rings. The summed E-state index contributed by atoms with van der Waals surface area (Å²) in [7, 11) is 0. The number of nitrogens with zero attached hydrogens (tertiary/aromatic N) is 2. The van der Waals surface area contributed by atoms with Gasteiger partial charge in [0.25, 0.3) is 5.69 Å². The van der Waals surface area contributed by atoms with Crippen LogP contribution in [0.2, 0.25) is 0 Å². The van der Waals surface area contributed by atoms with Crippen LogP contribution in [0.1, 0.15) is 24.0 Å². The van der Waals surface area contributed by atoms with Crippen LogP contribution in [-0.4, -0.2) is 35.5 Å². The highest BCUT2D eigenvalue weighted by molar-refractivity contribution is 5.81. The third kappa shape index (κ3) is 8.69. The smallest absolute Gasteiger partial charge is 0.408 e. The van der Waals surface area contributed by atoms with Crippen LogP contribution in [-0.2, 0) is 27.5 Å². The Labute approximate surface area is 184 Å². The SMILES string of the molecule is NC(N)=NCCCC(NC(=O)OCc1ccccc1)C(=O)OCc1ccc([N+](=O)[O-])cc1. The molecule has 0 saturated carbocycles. The summed E-state index contributed by atoms with van der Waals surface area (Å²) in [6.07, 6.45) is -0.141. The van der Waals surface area contributed by atoms with Crippen LogP contribution in [0.25, 0.3) is 0 Å². The summed E-state index contributed by atoms with van der Waals surface area (Å²) in [6.45, 7) is 0.211. The van der Waals surface area contributed by atoms with Gasteiger partial charge in [0.1, 0.15) is 19.3 Å². The van der Waals surface area contributed by atoms with Gasteiger partial charge in [0, 0.05) is 18.7 Å². The Bertz CT molecular complexity index is 929. The lowest BCUT2D eigenvalue weighted by molar-refractivity contribution is -0.384. The predicted molar refractivity (Wildman–Crippen MR) is 116 cm³/mol. The van der Waals surface area contributed by atoms with Gasteiger partial charge < -0.3 is 26.3 Å². The predicted octanol–water partition coefficient (Wildman–Crippen LogP) is 1.99. The fraction of sp³-hybridized carbons (Fsp3) is 0.286. The summed E-state index contributed by atoms with van der Waals surface area (Å²) in [4.78, 5) is 38.8. The molecule has 0 aliphatic rings. The molecular weight excluding hydrogens is 418 g/mol. The summed E-state index contributed by atoms with van der Waals surface area (Å²) in [5.41, 5.74) is 11.9. The molecule has 0 spiro atoms. The molecule has 1 amide bonds. The van der Waals surface area contributed by atoms with E-state index in [1.54, 1.807) is 12.1 Å². The lowest BCUT2D eigenvalue weighted by Crippen LogP contribution is -2.42. The number of nitro benzene ring substituents is 1. The number of carbonyl (C=O) groups excluding carboxylic acids is 2. The van der Waals surface area contributed by atoms with Crippen molar-refractivity contribution in [3.8, 4) is 0 Å². The van der Waals surface area contributed by atoms with Crippen LogP contribution in [0, 0.1) is 10.1 Å². The first-order valence-corrected chi connectivity index (χ1v) is 9.77. The molecule has 2 rings (SSSR count). The Morgan fingerprint density at radius 3 is 2.25 bits per heavy atom. The van der Waals surface area contributed by atoms with Gasteiger partial charge in [0.2, 0.25) is 0 Å². The number of amides is 1. The Balaban J connectivity index is 1.92. The summed E-state index contributed by atoms with van der Waals surface area (Å²) >= 11 is 0. The van der Waals surface area contributed by atoms with E-state index in [-0.39, 0.29) is 37.8 Å². The van der Waals surface area contributed by atoms with Crippen molar-refractivity contribution in [2.45, 2.75) is 32.1 Å². The van der Waals surface area contributed by atoms with Crippen LogP contribution in [0.4, 0.5) is 10.5 Å². The number of non-ortho nitro benzene ring substituents is 1. The quantitative estimate of drug-likeness (QED) is 0.118. The van der Waals surface area contributed by atoms with Crippen LogP contribution in [0.5, 0.6) is 0 Å². The fourth-order valence-electron chi connectivity index (χ4n) is 2.63. The van der Waals surface area contributed by atoms with E-state index in [1.165, 1.54) is 24.3 Å². The highest BCUT2D eigenvalue weighted by atomic mass is 16.6. The Morgan fingerprint density at radius 2 is 1.62 bits per heavy atom. The molecule has 0 heterocycles. The number of nitrogens with one attached hydrogen (secondary N) is 1. The lowest BCUT2D eigenvalue weighted by Gasteiger charge is -2.17. The molecule has 0 saturated heterocycles. The first-order valence-electron chi connectivity index (χ1n) is 9.77. The standard InChI is InChI=1S/C21H25N5O6/c22-20(23)24-12-4-7-18(25-21(28)32-14-15-5-2-1-3-6-15)19(27)31-13-16-8-10-17(11-9-16)26(29)30/h1-3,5-6,8-11,18H,4,7,12-14H2,(H,25,28)(H4,22,23,24). The van der Waals surface area contributed by atoms with Gasteiger partial charge in [-0.2, -0.15) is 0 Å². The number of carbonyl (C=O) groups is 2. The third-order valence-corrected chi connectivity index (χ3v) is 4.26. The van der Waals surface area contributed by atoms with E-state index >= 15 is 0 Å². The summed E-state index contributed by atoms with van der Waals surface area (Å²) in [6, 6.07) is 13.7. The number of nitro groups is 1. The van der Waals surface area contributed by atoms with Crippen molar-refractivity contribution in [3.05, 3.63) is 75.8 Å². The normalized spacial score (nSPS) is 11.1. The van der Waals surface area contributed by atoms with Gasteiger partial charge >= 0.3 is 12.1 Å². The van der Waals surface area contributed by atoms with Crippen molar-refractivity contribution in [1.82, 2.24) is 5.32 Å². The Morgan fingerprint density at radius 1 is 1.00 bits per heavy atom. The van der Waals surface area contributed by atoms with Crippen LogP contribution in [0.3, 0.4) is 0 Å². The fourth-order valence-corrected chi connectivity index (χ4v) is 2.63. The molecule has 2 aromatic carbocycles. The van der Waals surface area contributed by atoms with Crippen molar-refractivity contribution in [3.63, 3.8) is 0 Å². The number of guanidine groups is 1.